The molecule has 4 nitrogen and oxygen atoms in total. The minimum absolute atomic E-state index is 0.252. The Kier molecular flexibility index (Phi) is 6.30. The fraction of sp³-hybridized carbons (Fsp3) is 0.625. The zero-order valence-electron chi connectivity index (χ0n) is 12.3. The molecule has 0 fully saturated rings. The van der Waals surface area contributed by atoms with E-state index in [1.165, 1.54) is 30.4 Å². The number of hydrogen-bond acceptors (Lipinski definition) is 3. The summed E-state index contributed by atoms with van der Waals surface area (Å²) >= 11 is 0. The van der Waals surface area contributed by atoms with Gasteiger partial charge in [-0.1, -0.05) is 6.07 Å². The van der Waals surface area contributed by atoms with Crippen molar-refractivity contribution in [3.63, 3.8) is 0 Å². The molecule has 1 aromatic rings. The summed E-state index contributed by atoms with van der Waals surface area (Å²) in [5, 5.41) is 11.2. The molecule has 0 saturated carbocycles. The minimum atomic E-state index is -0.252. The fourth-order valence-corrected chi connectivity index (χ4v) is 2.48. The first kappa shape index (κ1) is 15.3. The molecule has 3 N–H and O–H groups in total. The van der Waals surface area contributed by atoms with Crippen LogP contribution >= 0.6 is 0 Å². The van der Waals surface area contributed by atoms with Gasteiger partial charge in [0.25, 0.3) is 0 Å². The number of aliphatic hydroxyl groups is 1. The van der Waals surface area contributed by atoms with Gasteiger partial charge in [-0.15, -0.1) is 0 Å². The zero-order chi connectivity index (χ0) is 14.2. The number of aryl methyl sites for hydroxylation is 2. The van der Waals surface area contributed by atoms with Crippen LogP contribution in [0.1, 0.15) is 24.5 Å². The molecule has 4 heteroatoms. The lowest BCUT2D eigenvalue weighted by molar-refractivity contribution is -0.661. The van der Waals surface area contributed by atoms with E-state index in [9.17, 15) is 0 Å². The van der Waals surface area contributed by atoms with Gasteiger partial charge in [-0.3, -0.25) is 0 Å². The van der Waals surface area contributed by atoms with Gasteiger partial charge in [0.1, 0.15) is 18.9 Å². The first-order valence-electron chi connectivity index (χ1n) is 7.58. The van der Waals surface area contributed by atoms with Crippen molar-refractivity contribution in [1.82, 2.24) is 0 Å². The molecule has 0 bridgehead atoms. The Morgan fingerprint density at radius 3 is 2.90 bits per heavy atom. The molecule has 2 rings (SSSR count). The van der Waals surface area contributed by atoms with E-state index in [1.54, 1.807) is 6.92 Å². The predicted molar refractivity (Wildman–Crippen MR) is 78.1 cm³/mol. The third-order valence-corrected chi connectivity index (χ3v) is 3.54. The lowest BCUT2D eigenvalue weighted by Gasteiger charge is -2.09. The highest BCUT2D eigenvalue weighted by Crippen LogP contribution is 2.25. The summed E-state index contributed by atoms with van der Waals surface area (Å²) in [7, 11) is 0. The summed E-state index contributed by atoms with van der Waals surface area (Å²) in [5.41, 5.74) is 2.92. The average Bonchev–Trinajstić information content (AvgIpc) is 2.89. The number of nitrogens with two attached hydrogens (primary N) is 1. The molecule has 0 radical (unpaired) electrons. The van der Waals surface area contributed by atoms with Crippen LogP contribution in [0.25, 0.3) is 0 Å². The Balaban J connectivity index is 1.53. The number of ether oxygens (including phenoxy) is 2. The van der Waals surface area contributed by atoms with Gasteiger partial charge in [0.2, 0.25) is 0 Å². The summed E-state index contributed by atoms with van der Waals surface area (Å²) in [4.78, 5) is 0. The maximum Gasteiger partial charge on any atom is 0.119 e. The molecule has 0 spiro atoms. The molecule has 0 amide bonds. The Morgan fingerprint density at radius 1 is 1.20 bits per heavy atom. The Morgan fingerprint density at radius 2 is 2.05 bits per heavy atom. The van der Waals surface area contributed by atoms with E-state index < -0.39 is 0 Å². The van der Waals surface area contributed by atoms with Crippen LogP contribution in [0, 0.1) is 0 Å². The molecule has 0 unspecified atom stereocenters. The summed E-state index contributed by atoms with van der Waals surface area (Å²) in [6.45, 7) is 5.30. The topological polar surface area (TPSA) is 55.3 Å². The van der Waals surface area contributed by atoms with Gasteiger partial charge < -0.3 is 19.9 Å². The number of fused-ring (bicyclic) bond motifs is 1. The zero-order valence-corrected chi connectivity index (χ0v) is 12.3. The van der Waals surface area contributed by atoms with Crippen molar-refractivity contribution in [1.29, 1.82) is 0 Å². The molecule has 1 aromatic carbocycles. The van der Waals surface area contributed by atoms with Crippen molar-refractivity contribution in [2.45, 2.75) is 32.3 Å². The van der Waals surface area contributed by atoms with E-state index in [4.69, 9.17) is 14.6 Å². The van der Waals surface area contributed by atoms with E-state index >= 15 is 0 Å². The lowest BCUT2D eigenvalue weighted by atomic mass is 10.1. The van der Waals surface area contributed by atoms with E-state index in [-0.39, 0.29) is 6.10 Å². The molecular weight excluding hydrogens is 254 g/mol. The molecule has 0 heterocycles. The van der Waals surface area contributed by atoms with E-state index in [0.29, 0.717) is 19.8 Å². The largest absolute Gasteiger partial charge is 0.491 e. The summed E-state index contributed by atoms with van der Waals surface area (Å²) in [6, 6.07) is 6.41. The highest BCUT2D eigenvalue weighted by Gasteiger charge is 2.10. The van der Waals surface area contributed by atoms with Gasteiger partial charge in [-0.25, -0.2) is 0 Å². The normalized spacial score (nSPS) is 15.1. The first-order chi connectivity index (χ1) is 9.75. The third-order valence-electron chi connectivity index (χ3n) is 3.54. The number of aliphatic hydroxyl groups excluding tert-OH is 1. The number of rotatable bonds is 9. The van der Waals surface area contributed by atoms with Crippen molar-refractivity contribution in [2.24, 2.45) is 0 Å². The Bertz CT molecular complexity index is 407. The molecule has 0 saturated heterocycles. The second-order valence-electron chi connectivity index (χ2n) is 5.41. The van der Waals surface area contributed by atoms with Crippen molar-refractivity contribution in [2.75, 3.05) is 32.9 Å². The molecule has 0 aliphatic heterocycles. The third kappa shape index (κ3) is 5.12. The van der Waals surface area contributed by atoms with Gasteiger partial charge >= 0.3 is 0 Å². The second kappa shape index (κ2) is 8.25. The molecule has 1 aliphatic carbocycles. The second-order valence-corrected chi connectivity index (χ2v) is 5.41. The SMILES string of the molecule is C[C@@H](O)C[NH2+]CCOCCOc1ccc2c(c1)CCC2. The Hall–Kier alpha value is -1.10. The van der Waals surface area contributed by atoms with Crippen molar-refractivity contribution in [3.05, 3.63) is 29.3 Å². The van der Waals surface area contributed by atoms with Crippen molar-refractivity contribution in [3.8, 4) is 5.75 Å². The molecule has 20 heavy (non-hydrogen) atoms. The van der Waals surface area contributed by atoms with Gasteiger partial charge in [-0.05, 0) is 49.4 Å². The van der Waals surface area contributed by atoms with E-state index in [2.05, 4.69) is 23.5 Å². The quantitative estimate of drug-likeness (QED) is 0.648. The van der Waals surface area contributed by atoms with E-state index in [1.807, 2.05) is 0 Å². The van der Waals surface area contributed by atoms with Crippen LogP contribution in [-0.2, 0) is 17.6 Å². The van der Waals surface area contributed by atoms with Crippen LogP contribution < -0.4 is 10.1 Å². The molecule has 1 atom stereocenters. The maximum atomic E-state index is 9.09. The van der Waals surface area contributed by atoms with Crippen LogP contribution in [-0.4, -0.2) is 44.1 Å². The van der Waals surface area contributed by atoms with Gasteiger partial charge in [0, 0.05) is 0 Å². The highest BCUT2D eigenvalue weighted by molar-refractivity contribution is 5.38. The van der Waals surface area contributed by atoms with Crippen LogP contribution in [0.5, 0.6) is 5.75 Å². The van der Waals surface area contributed by atoms with E-state index in [0.717, 1.165) is 18.8 Å². The first-order valence-corrected chi connectivity index (χ1v) is 7.58. The standard InChI is InChI=1S/C16H25NO3/c1-13(18)12-17-7-8-19-9-10-20-16-6-5-14-3-2-4-15(14)11-16/h5-6,11,13,17-18H,2-4,7-10,12H2,1H3/p+1/t13-/m1/s1. The minimum Gasteiger partial charge on any atom is -0.491 e. The fourth-order valence-electron chi connectivity index (χ4n) is 2.48. The number of quaternary nitrogens is 1. The maximum absolute atomic E-state index is 9.09. The van der Waals surface area contributed by atoms with Crippen molar-refractivity contribution >= 4 is 0 Å². The molecule has 1 aliphatic rings. The highest BCUT2D eigenvalue weighted by atomic mass is 16.5. The van der Waals surface area contributed by atoms with Crippen molar-refractivity contribution < 1.29 is 19.9 Å². The van der Waals surface area contributed by atoms with Gasteiger partial charge in [0.15, 0.2) is 0 Å². The van der Waals surface area contributed by atoms with Crippen LogP contribution in [0.15, 0.2) is 18.2 Å². The Labute approximate surface area is 121 Å². The molecular formula is C16H26NO3+. The number of hydrogen-bond donors (Lipinski definition) is 2. The smallest absolute Gasteiger partial charge is 0.119 e. The lowest BCUT2D eigenvalue weighted by Crippen LogP contribution is -2.87. The van der Waals surface area contributed by atoms with Gasteiger partial charge in [-0.2, -0.15) is 0 Å². The van der Waals surface area contributed by atoms with Gasteiger partial charge in [0.05, 0.1) is 25.9 Å². The summed E-state index contributed by atoms with van der Waals surface area (Å²) < 4.78 is 11.2. The predicted octanol–water partition coefficient (Wildman–Crippen LogP) is 0.515. The monoisotopic (exact) mass is 280 g/mol. The molecule has 112 valence electrons. The van der Waals surface area contributed by atoms with Crippen LogP contribution in [0.3, 0.4) is 0 Å². The van der Waals surface area contributed by atoms with Crippen LogP contribution in [0.4, 0.5) is 0 Å². The van der Waals surface area contributed by atoms with Crippen LogP contribution in [0.2, 0.25) is 0 Å². The number of benzene rings is 1. The average molecular weight is 280 g/mol. The summed E-state index contributed by atoms with van der Waals surface area (Å²) in [5.74, 6) is 0.954. The summed E-state index contributed by atoms with van der Waals surface area (Å²) in [6.07, 6.45) is 3.41. The molecule has 0 aromatic heterocycles.